The van der Waals surface area contributed by atoms with Crippen molar-refractivity contribution in [1.29, 1.82) is 0 Å². The number of aryl methyl sites for hydroxylation is 1. The number of likely N-dealkylation sites (tertiary alicyclic amines) is 1. The first-order chi connectivity index (χ1) is 21.2. The second kappa shape index (κ2) is 11.4. The van der Waals surface area contributed by atoms with Gasteiger partial charge in [0.2, 0.25) is 11.6 Å². The molecule has 14 nitrogen and oxygen atoms in total. The van der Waals surface area contributed by atoms with E-state index in [2.05, 4.69) is 20.4 Å². The van der Waals surface area contributed by atoms with E-state index >= 15 is 0 Å². The summed E-state index contributed by atoms with van der Waals surface area (Å²) in [5.41, 5.74) is 0.966. The Balaban J connectivity index is 1.15. The number of pyridine rings is 1. The quantitative estimate of drug-likeness (QED) is 0.293. The fourth-order valence-electron chi connectivity index (χ4n) is 5.59. The number of carbonyl (C=O) groups is 4. The fraction of sp³-hybridized carbons (Fsp3) is 0.333. The number of hydrogen-bond donors (Lipinski definition) is 1. The summed E-state index contributed by atoms with van der Waals surface area (Å²) >= 11 is 0. The fourth-order valence-corrected chi connectivity index (χ4v) is 5.59. The molecule has 0 radical (unpaired) electrons. The van der Waals surface area contributed by atoms with Crippen LogP contribution in [0.3, 0.4) is 0 Å². The monoisotopic (exact) mass is 600 g/mol. The number of benzene rings is 2. The summed E-state index contributed by atoms with van der Waals surface area (Å²) in [7, 11) is 3.09. The van der Waals surface area contributed by atoms with Crippen LogP contribution in [0.15, 0.2) is 42.5 Å². The highest BCUT2D eigenvalue weighted by atomic mass is 16.5. The first-order valence-electron chi connectivity index (χ1n) is 13.9. The molecule has 0 aliphatic carbocycles. The highest BCUT2D eigenvalue weighted by Crippen LogP contribution is 2.41. The lowest BCUT2D eigenvalue weighted by molar-refractivity contribution is -0.149. The van der Waals surface area contributed by atoms with Crippen molar-refractivity contribution in [3.8, 4) is 28.6 Å². The molecular formula is C30H28N6O8. The predicted molar refractivity (Wildman–Crippen MR) is 153 cm³/mol. The number of hydrogen-bond acceptors (Lipinski definition) is 11. The van der Waals surface area contributed by atoms with Gasteiger partial charge in [-0.2, -0.15) is 4.80 Å². The number of ether oxygens (including phenoxy) is 3. The Morgan fingerprint density at radius 1 is 1.05 bits per heavy atom. The minimum Gasteiger partial charge on any atom is -0.496 e. The average Bonchev–Trinajstić information content (AvgIpc) is 3.51. The number of piperidine rings is 1. The van der Waals surface area contributed by atoms with E-state index < -0.39 is 17.4 Å². The molecule has 0 unspecified atom stereocenters. The van der Waals surface area contributed by atoms with Gasteiger partial charge in [-0.1, -0.05) is 6.07 Å². The maximum atomic E-state index is 13.5. The summed E-state index contributed by atoms with van der Waals surface area (Å²) in [5.74, 6) is -1.07. The number of aliphatic carboxylic acids is 1. The van der Waals surface area contributed by atoms with E-state index in [0.29, 0.717) is 59.8 Å². The minimum atomic E-state index is -1.52. The molecule has 0 bridgehead atoms. The van der Waals surface area contributed by atoms with E-state index in [-0.39, 0.29) is 42.6 Å². The Bertz CT molecular complexity index is 1810. The summed E-state index contributed by atoms with van der Waals surface area (Å²) < 4.78 is 17.4. The van der Waals surface area contributed by atoms with Crippen LogP contribution in [0.25, 0.3) is 22.3 Å². The molecule has 6 rings (SSSR count). The van der Waals surface area contributed by atoms with Gasteiger partial charge in [0.15, 0.2) is 5.78 Å². The SMILES string of the molecule is COc1cc(C(=O)N2CCC3(CC2)CC(=O)c2cc(-c4nnn(CCC(=O)C(=O)O)n4)ccc2O3)nc2c(OC)cccc12. The van der Waals surface area contributed by atoms with Gasteiger partial charge in [-0.25, -0.2) is 9.78 Å². The molecular weight excluding hydrogens is 572 g/mol. The molecule has 14 heteroatoms. The standard InChI is InChI=1S/C30H28N6O8/c1-42-24-5-3-4-18-25(43-2)15-20(31-26(18)24)28(39)35-12-9-30(10-13-35)16-22(38)19-14-17(6-7-23(19)44-30)27-32-34-36(33-27)11-8-21(37)29(40)41/h3-7,14-15H,8-13,16H2,1-2H3,(H,40,41). The molecule has 2 aromatic carbocycles. The van der Waals surface area contributed by atoms with Crippen molar-refractivity contribution in [3.05, 3.63) is 53.7 Å². The van der Waals surface area contributed by atoms with Crippen LogP contribution in [0, 0.1) is 0 Å². The van der Waals surface area contributed by atoms with Crippen molar-refractivity contribution in [2.75, 3.05) is 27.3 Å². The molecule has 1 N–H and O–H groups in total. The summed E-state index contributed by atoms with van der Waals surface area (Å²) in [6.45, 7) is 0.724. The van der Waals surface area contributed by atoms with E-state index in [1.165, 1.54) is 0 Å². The summed E-state index contributed by atoms with van der Waals surface area (Å²) in [5, 5.41) is 21.5. The Kier molecular flexibility index (Phi) is 7.41. The Morgan fingerprint density at radius 3 is 2.55 bits per heavy atom. The molecule has 44 heavy (non-hydrogen) atoms. The first kappa shape index (κ1) is 28.7. The molecule has 2 aromatic heterocycles. The number of carboxylic acids is 1. The Hall–Kier alpha value is -5.40. The zero-order valence-electron chi connectivity index (χ0n) is 24.0. The van der Waals surface area contributed by atoms with Crippen LogP contribution in [0.5, 0.6) is 17.2 Å². The van der Waals surface area contributed by atoms with Crippen molar-refractivity contribution in [2.45, 2.75) is 37.8 Å². The molecule has 226 valence electrons. The topological polar surface area (TPSA) is 176 Å². The van der Waals surface area contributed by atoms with Gasteiger partial charge in [-0.05, 0) is 35.5 Å². The van der Waals surface area contributed by atoms with Crippen LogP contribution < -0.4 is 14.2 Å². The molecule has 0 saturated carbocycles. The molecule has 1 amide bonds. The Labute approximate surface area is 250 Å². The minimum absolute atomic E-state index is 0.0359. The predicted octanol–water partition coefficient (Wildman–Crippen LogP) is 2.59. The number of aromatic nitrogens is 5. The highest BCUT2D eigenvalue weighted by molar-refractivity contribution is 6.32. The third-order valence-electron chi connectivity index (χ3n) is 7.96. The Morgan fingerprint density at radius 2 is 1.82 bits per heavy atom. The van der Waals surface area contributed by atoms with Gasteiger partial charge in [0.1, 0.15) is 34.1 Å². The number of fused-ring (bicyclic) bond motifs is 2. The van der Waals surface area contributed by atoms with Crippen LogP contribution in [-0.4, -0.2) is 91.6 Å². The van der Waals surface area contributed by atoms with E-state index in [9.17, 15) is 19.2 Å². The van der Waals surface area contributed by atoms with E-state index in [4.69, 9.17) is 19.3 Å². The van der Waals surface area contributed by atoms with Gasteiger partial charge in [-0.3, -0.25) is 14.4 Å². The number of Topliss-reactive ketones (excluding diaryl/α,β-unsaturated/α-hetero) is 2. The van der Waals surface area contributed by atoms with E-state index in [0.717, 1.165) is 10.2 Å². The molecule has 0 atom stereocenters. The zero-order valence-corrected chi connectivity index (χ0v) is 24.0. The summed E-state index contributed by atoms with van der Waals surface area (Å²) in [6.07, 6.45) is 0.811. The lowest BCUT2D eigenvalue weighted by Gasteiger charge is -2.43. The van der Waals surface area contributed by atoms with Crippen LogP contribution in [-0.2, 0) is 16.1 Å². The van der Waals surface area contributed by atoms with Gasteiger partial charge >= 0.3 is 5.97 Å². The number of para-hydroxylation sites is 1. The van der Waals surface area contributed by atoms with Crippen molar-refractivity contribution < 1.29 is 38.5 Å². The second-order valence-corrected chi connectivity index (χ2v) is 10.6. The lowest BCUT2D eigenvalue weighted by Crippen LogP contribution is -2.52. The number of tetrazole rings is 1. The van der Waals surface area contributed by atoms with Gasteiger partial charge < -0.3 is 24.2 Å². The molecule has 1 spiro atoms. The molecule has 1 fully saturated rings. The molecule has 2 aliphatic rings. The summed E-state index contributed by atoms with van der Waals surface area (Å²) in [4.78, 5) is 56.4. The number of amides is 1. The largest absolute Gasteiger partial charge is 0.496 e. The second-order valence-electron chi connectivity index (χ2n) is 10.6. The molecule has 2 aliphatic heterocycles. The summed E-state index contributed by atoms with van der Waals surface area (Å²) in [6, 6.07) is 12.1. The number of methoxy groups -OCH3 is 2. The smallest absolute Gasteiger partial charge is 0.372 e. The third kappa shape index (κ3) is 5.29. The first-order valence-corrected chi connectivity index (χ1v) is 13.9. The van der Waals surface area contributed by atoms with Gasteiger partial charge in [0.05, 0.1) is 32.7 Å². The molecule has 1 saturated heterocycles. The third-order valence-corrected chi connectivity index (χ3v) is 7.96. The number of nitrogens with zero attached hydrogens (tertiary/aromatic N) is 6. The zero-order chi connectivity index (χ0) is 31.0. The van der Waals surface area contributed by atoms with Crippen molar-refractivity contribution in [1.82, 2.24) is 30.1 Å². The van der Waals surface area contributed by atoms with Crippen LogP contribution in [0.1, 0.15) is 46.5 Å². The van der Waals surface area contributed by atoms with Crippen molar-refractivity contribution in [2.24, 2.45) is 0 Å². The maximum Gasteiger partial charge on any atom is 0.372 e. The van der Waals surface area contributed by atoms with Crippen molar-refractivity contribution >= 4 is 34.3 Å². The molecule has 4 aromatic rings. The van der Waals surface area contributed by atoms with Gasteiger partial charge in [0.25, 0.3) is 5.91 Å². The van der Waals surface area contributed by atoms with Crippen LogP contribution >= 0.6 is 0 Å². The van der Waals surface area contributed by atoms with Gasteiger partial charge in [0, 0.05) is 49.4 Å². The van der Waals surface area contributed by atoms with Crippen LogP contribution in [0.2, 0.25) is 0 Å². The molecule has 4 heterocycles. The van der Waals surface area contributed by atoms with Crippen molar-refractivity contribution in [3.63, 3.8) is 0 Å². The van der Waals surface area contributed by atoms with E-state index in [1.54, 1.807) is 49.5 Å². The number of carboxylic acid groups (broad SMARTS) is 1. The lowest BCUT2D eigenvalue weighted by atomic mass is 9.82. The normalized spacial score (nSPS) is 15.5. The average molecular weight is 601 g/mol. The number of ketones is 2. The number of rotatable bonds is 8. The number of carbonyl (C=O) groups excluding carboxylic acids is 3. The van der Waals surface area contributed by atoms with E-state index in [1.807, 2.05) is 12.1 Å². The highest BCUT2D eigenvalue weighted by Gasteiger charge is 2.44. The van der Waals surface area contributed by atoms with Crippen LogP contribution in [0.4, 0.5) is 0 Å². The van der Waals surface area contributed by atoms with Gasteiger partial charge in [-0.15, -0.1) is 10.2 Å². The maximum absolute atomic E-state index is 13.5.